The standard InChI is InChI=1S/C12H15BrN2O2/c1-8(2)12(17)6-15(7-12)11(16)9-3-10(13)5-14-4-9/h3-5,8,17H,6-7H2,1-2H3. The maximum absolute atomic E-state index is 12.0. The lowest BCUT2D eigenvalue weighted by Gasteiger charge is -2.49. The van der Waals surface area contributed by atoms with Crippen LogP contribution in [-0.4, -0.2) is 39.6 Å². The fraction of sp³-hybridized carbons (Fsp3) is 0.500. The van der Waals surface area contributed by atoms with Crippen LogP contribution in [-0.2, 0) is 0 Å². The highest BCUT2D eigenvalue weighted by atomic mass is 79.9. The lowest BCUT2D eigenvalue weighted by atomic mass is 9.83. The van der Waals surface area contributed by atoms with Crippen molar-refractivity contribution < 1.29 is 9.90 Å². The molecule has 0 spiro atoms. The predicted octanol–water partition coefficient (Wildman–Crippen LogP) is 1.69. The van der Waals surface area contributed by atoms with E-state index in [1.54, 1.807) is 23.4 Å². The van der Waals surface area contributed by atoms with E-state index in [1.807, 2.05) is 13.8 Å². The van der Waals surface area contributed by atoms with Crippen molar-refractivity contribution in [3.63, 3.8) is 0 Å². The van der Waals surface area contributed by atoms with Crippen molar-refractivity contribution in [2.75, 3.05) is 13.1 Å². The van der Waals surface area contributed by atoms with E-state index in [2.05, 4.69) is 20.9 Å². The number of aromatic nitrogens is 1. The normalized spacial score (nSPS) is 18.1. The third kappa shape index (κ3) is 2.35. The van der Waals surface area contributed by atoms with Gasteiger partial charge in [0.25, 0.3) is 5.91 Å². The summed E-state index contributed by atoms with van der Waals surface area (Å²) in [6, 6.07) is 1.74. The second-order valence-electron chi connectivity index (χ2n) is 4.81. The van der Waals surface area contributed by atoms with Crippen LogP contribution in [0.2, 0.25) is 0 Å². The van der Waals surface area contributed by atoms with Gasteiger partial charge in [-0.25, -0.2) is 0 Å². The monoisotopic (exact) mass is 298 g/mol. The summed E-state index contributed by atoms with van der Waals surface area (Å²) in [6.45, 7) is 4.72. The topological polar surface area (TPSA) is 53.4 Å². The van der Waals surface area contributed by atoms with E-state index in [4.69, 9.17) is 0 Å². The Bertz CT molecular complexity index is 442. The smallest absolute Gasteiger partial charge is 0.255 e. The lowest BCUT2D eigenvalue weighted by Crippen LogP contribution is -2.65. The molecule has 0 saturated carbocycles. The Morgan fingerprint density at radius 3 is 2.71 bits per heavy atom. The number of likely N-dealkylation sites (tertiary alicyclic amines) is 1. The molecular formula is C12H15BrN2O2. The van der Waals surface area contributed by atoms with Crippen LogP contribution >= 0.6 is 15.9 Å². The first-order chi connectivity index (χ1) is 7.92. The van der Waals surface area contributed by atoms with Gasteiger partial charge in [0.2, 0.25) is 0 Å². The summed E-state index contributed by atoms with van der Waals surface area (Å²) in [5.74, 6) is 0.0799. The largest absolute Gasteiger partial charge is 0.386 e. The van der Waals surface area contributed by atoms with Gasteiger partial charge in [-0.05, 0) is 27.9 Å². The zero-order chi connectivity index (χ0) is 12.6. The summed E-state index contributed by atoms with van der Waals surface area (Å²) in [5.41, 5.74) is -0.181. The molecule has 2 rings (SSSR count). The first kappa shape index (κ1) is 12.5. The number of hydrogen-bond donors (Lipinski definition) is 1. The highest BCUT2D eigenvalue weighted by molar-refractivity contribution is 9.10. The fourth-order valence-electron chi connectivity index (χ4n) is 1.83. The summed E-state index contributed by atoms with van der Waals surface area (Å²) in [5, 5.41) is 10.1. The second kappa shape index (κ2) is 4.38. The van der Waals surface area contributed by atoms with Gasteiger partial charge in [-0.1, -0.05) is 13.8 Å². The Balaban J connectivity index is 2.05. The van der Waals surface area contributed by atoms with Crippen molar-refractivity contribution in [2.45, 2.75) is 19.4 Å². The molecule has 5 heteroatoms. The van der Waals surface area contributed by atoms with Crippen molar-refractivity contribution >= 4 is 21.8 Å². The molecule has 92 valence electrons. The Kier molecular flexibility index (Phi) is 3.23. The molecule has 0 aliphatic carbocycles. The molecule has 1 saturated heterocycles. The van der Waals surface area contributed by atoms with Crippen LogP contribution in [0.15, 0.2) is 22.9 Å². The molecule has 2 heterocycles. The maximum atomic E-state index is 12.0. The Morgan fingerprint density at radius 2 is 2.18 bits per heavy atom. The van der Waals surface area contributed by atoms with Crippen molar-refractivity contribution in [2.24, 2.45) is 5.92 Å². The van der Waals surface area contributed by atoms with Crippen LogP contribution in [0, 0.1) is 5.92 Å². The highest BCUT2D eigenvalue weighted by Gasteiger charge is 2.45. The molecule has 1 aromatic heterocycles. The molecule has 4 nitrogen and oxygen atoms in total. The summed E-state index contributed by atoms with van der Waals surface area (Å²) < 4.78 is 0.781. The second-order valence-corrected chi connectivity index (χ2v) is 5.73. The molecule has 1 amide bonds. The Labute approximate surface area is 109 Å². The van der Waals surface area contributed by atoms with Crippen molar-refractivity contribution in [1.29, 1.82) is 0 Å². The Morgan fingerprint density at radius 1 is 1.53 bits per heavy atom. The van der Waals surface area contributed by atoms with Crippen LogP contribution in [0.3, 0.4) is 0 Å². The van der Waals surface area contributed by atoms with E-state index in [-0.39, 0.29) is 11.8 Å². The van der Waals surface area contributed by atoms with E-state index in [9.17, 15) is 9.90 Å². The van der Waals surface area contributed by atoms with Crippen LogP contribution in [0.5, 0.6) is 0 Å². The van der Waals surface area contributed by atoms with Crippen LogP contribution in [0.4, 0.5) is 0 Å². The molecule has 1 fully saturated rings. The minimum atomic E-state index is -0.727. The van der Waals surface area contributed by atoms with Gasteiger partial charge in [0.15, 0.2) is 0 Å². The average Bonchev–Trinajstić information content (AvgIpc) is 2.23. The summed E-state index contributed by atoms with van der Waals surface area (Å²) >= 11 is 3.28. The molecule has 1 N–H and O–H groups in total. The first-order valence-corrected chi connectivity index (χ1v) is 6.34. The molecular weight excluding hydrogens is 284 g/mol. The van der Waals surface area contributed by atoms with Gasteiger partial charge in [0.1, 0.15) is 5.60 Å². The highest BCUT2D eigenvalue weighted by Crippen LogP contribution is 2.29. The molecule has 1 aromatic rings. The lowest BCUT2D eigenvalue weighted by molar-refractivity contribution is -0.110. The van der Waals surface area contributed by atoms with Crippen LogP contribution in [0.1, 0.15) is 24.2 Å². The molecule has 1 aliphatic heterocycles. The van der Waals surface area contributed by atoms with Crippen LogP contribution < -0.4 is 0 Å². The summed E-state index contributed by atoms with van der Waals surface area (Å²) in [4.78, 5) is 17.6. The number of nitrogens with zero attached hydrogens (tertiary/aromatic N) is 2. The van der Waals surface area contributed by atoms with E-state index in [1.165, 1.54) is 0 Å². The van der Waals surface area contributed by atoms with Crippen molar-refractivity contribution in [1.82, 2.24) is 9.88 Å². The minimum Gasteiger partial charge on any atom is -0.386 e. The van der Waals surface area contributed by atoms with Gasteiger partial charge in [-0.15, -0.1) is 0 Å². The van der Waals surface area contributed by atoms with Gasteiger partial charge < -0.3 is 10.0 Å². The quantitative estimate of drug-likeness (QED) is 0.904. The van der Waals surface area contributed by atoms with E-state index in [0.717, 1.165) is 4.47 Å². The summed E-state index contributed by atoms with van der Waals surface area (Å²) in [7, 11) is 0. The molecule has 0 bridgehead atoms. The fourth-order valence-corrected chi connectivity index (χ4v) is 2.20. The number of aliphatic hydroxyl groups is 1. The molecule has 0 atom stereocenters. The van der Waals surface area contributed by atoms with Gasteiger partial charge in [-0.2, -0.15) is 0 Å². The number of amides is 1. The van der Waals surface area contributed by atoms with Gasteiger partial charge in [0.05, 0.1) is 18.7 Å². The molecule has 0 unspecified atom stereocenters. The zero-order valence-corrected chi connectivity index (χ0v) is 11.4. The molecule has 0 radical (unpaired) electrons. The number of halogens is 1. The maximum Gasteiger partial charge on any atom is 0.255 e. The van der Waals surface area contributed by atoms with E-state index >= 15 is 0 Å². The number of carbonyl (C=O) groups excluding carboxylic acids is 1. The predicted molar refractivity (Wildman–Crippen MR) is 67.6 cm³/mol. The zero-order valence-electron chi connectivity index (χ0n) is 9.85. The number of rotatable bonds is 2. The molecule has 0 aromatic carbocycles. The van der Waals surface area contributed by atoms with Gasteiger partial charge >= 0.3 is 0 Å². The Hall–Kier alpha value is -0.940. The SMILES string of the molecule is CC(C)C1(O)CN(C(=O)c2cncc(Br)c2)C1. The van der Waals surface area contributed by atoms with Crippen LogP contribution in [0.25, 0.3) is 0 Å². The summed E-state index contributed by atoms with van der Waals surface area (Å²) in [6.07, 6.45) is 3.18. The third-order valence-corrected chi connectivity index (χ3v) is 3.68. The number of pyridine rings is 1. The van der Waals surface area contributed by atoms with E-state index in [0.29, 0.717) is 18.7 Å². The third-order valence-electron chi connectivity index (χ3n) is 3.24. The van der Waals surface area contributed by atoms with E-state index < -0.39 is 5.60 Å². The average molecular weight is 299 g/mol. The first-order valence-electron chi connectivity index (χ1n) is 5.54. The van der Waals surface area contributed by atoms with Crippen molar-refractivity contribution in [3.8, 4) is 0 Å². The number of β-amino-alcohol motifs (C(OH)–C–C–N with tert-alkyl or cyclic N) is 1. The molecule has 17 heavy (non-hydrogen) atoms. The van der Waals surface area contributed by atoms with Gasteiger partial charge in [0, 0.05) is 16.9 Å². The van der Waals surface area contributed by atoms with Crippen molar-refractivity contribution in [3.05, 3.63) is 28.5 Å². The number of carbonyl (C=O) groups is 1. The number of hydrogen-bond acceptors (Lipinski definition) is 3. The minimum absolute atomic E-state index is 0.0795. The van der Waals surface area contributed by atoms with Gasteiger partial charge in [-0.3, -0.25) is 9.78 Å². The molecule has 1 aliphatic rings.